The molecule has 0 unspecified atom stereocenters. The van der Waals surface area contributed by atoms with Crippen molar-refractivity contribution in [1.82, 2.24) is 14.8 Å². The SMILES string of the molecule is COCCSc1nnc(N2CCOCC2)n1-c1ccc(C)cc1. The van der Waals surface area contributed by atoms with Crippen molar-refractivity contribution in [1.29, 1.82) is 0 Å². The maximum absolute atomic E-state index is 5.45. The van der Waals surface area contributed by atoms with Crippen molar-refractivity contribution in [2.45, 2.75) is 12.1 Å². The Morgan fingerprint density at radius 1 is 1.17 bits per heavy atom. The first-order valence-corrected chi connectivity index (χ1v) is 8.75. The molecule has 3 rings (SSSR count). The van der Waals surface area contributed by atoms with Crippen molar-refractivity contribution in [3.05, 3.63) is 29.8 Å². The van der Waals surface area contributed by atoms with Gasteiger partial charge in [0.15, 0.2) is 5.16 Å². The van der Waals surface area contributed by atoms with Gasteiger partial charge in [-0.1, -0.05) is 29.5 Å². The maximum atomic E-state index is 5.45. The summed E-state index contributed by atoms with van der Waals surface area (Å²) in [6.45, 7) is 5.92. The molecule has 0 aliphatic carbocycles. The summed E-state index contributed by atoms with van der Waals surface area (Å²) in [5, 5.41) is 9.73. The van der Waals surface area contributed by atoms with Gasteiger partial charge in [0, 0.05) is 26.0 Å². The molecule has 1 aromatic carbocycles. The van der Waals surface area contributed by atoms with Gasteiger partial charge < -0.3 is 14.4 Å². The Morgan fingerprint density at radius 2 is 1.91 bits per heavy atom. The zero-order chi connectivity index (χ0) is 16.1. The Labute approximate surface area is 140 Å². The van der Waals surface area contributed by atoms with Gasteiger partial charge in [0.05, 0.1) is 25.5 Å². The molecule has 1 aromatic heterocycles. The first-order valence-electron chi connectivity index (χ1n) is 7.76. The third-order valence-electron chi connectivity index (χ3n) is 3.72. The van der Waals surface area contributed by atoms with Gasteiger partial charge in [-0.05, 0) is 19.1 Å². The summed E-state index contributed by atoms with van der Waals surface area (Å²) in [6.07, 6.45) is 0. The van der Waals surface area contributed by atoms with E-state index in [1.807, 2.05) is 0 Å². The number of hydrogen-bond acceptors (Lipinski definition) is 6. The minimum atomic E-state index is 0.693. The molecule has 0 bridgehead atoms. The van der Waals surface area contributed by atoms with Crippen LogP contribution >= 0.6 is 11.8 Å². The van der Waals surface area contributed by atoms with Gasteiger partial charge in [-0.15, -0.1) is 10.2 Å². The number of aryl methyl sites for hydroxylation is 1. The largest absolute Gasteiger partial charge is 0.384 e. The third-order valence-corrected chi connectivity index (χ3v) is 4.61. The number of anilines is 1. The zero-order valence-electron chi connectivity index (χ0n) is 13.6. The van der Waals surface area contributed by atoms with Crippen LogP contribution in [0.25, 0.3) is 5.69 Å². The summed E-state index contributed by atoms with van der Waals surface area (Å²) in [7, 11) is 1.71. The lowest BCUT2D eigenvalue weighted by Crippen LogP contribution is -2.37. The van der Waals surface area contributed by atoms with E-state index >= 15 is 0 Å². The lowest BCUT2D eigenvalue weighted by atomic mass is 10.2. The molecule has 0 spiro atoms. The standard InChI is InChI=1S/C16H22N4O2S/c1-13-3-5-14(6-4-13)20-15(19-7-9-22-10-8-19)17-18-16(20)23-12-11-21-2/h3-6H,7-12H2,1-2H3. The highest BCUT2D eigenvalue weighted by Gasteiger charge is 2.21. The van der Waals surface area contributed by atoms with Crippen LogP contribution in [0, 0.1) is 6.92 Å². The van der Waals surface area contributed by atoms with Crippen molar-refractivity contribution in [3.63, 3.8) is 0 Å². The van der Waals surface area contributed by atoms with Crippen molar-refractivity contribution >= 4 is 17.7 Å². The molecule has 2 aromatic rings. The van der Waals surface area contributed by atoms with Crippen LogP contribution in [-0.2, 0) is 9.47 Å². The van der Waals surface area contributed by atoms with E-state index in [-0.39, 0.29) is 0 Å². The molecular weight excluding hydrogens is 312 g/mol. The highest BCUT2D eigenvalue weighted by molar-refractivity contribution is 7.99. The van der Waals surface area contributed by atoms with E-state index < -0.39 is 0 Å². The van der Waals surface area contributed by atoms with Gasteiger partial charge in [-0.25, -0.2) is 0 Å². The van der Waals surface area contributed by atoms with Gasteiger partial charge in [0.2, 0.25) is 5.95 Å². The van der Waals surface area contributed by atoms with Gasteiger partial charge in [-0.3, -0.25) is 4.57 Å². The van der Waals surface area contributed by atoms with Gasteiger partial charge >= 0.3 is 0 Å². The quantitative estimate of drug-likeness (QED) is 0.596. The summed E-state index contributed by atoms with van der Waals surface area (Å²) >= 11 is 1.66. The Morgan fingerprint density at radius 3 is 2.61 bits per heavy atom. The predicted molar refractivity (Wildman–Crippen MR) is 91.7 cm³/mol. The summed E-state index contributed by atoms with van der Waals surface area (Å²) < 4.78 is 12.7. The molecule has 0 atom stereocenters. The van der Waals surface area contributed by atoms with Crippen molar-refractivity contribution < 1.29 is 9.47 Å². The second-order valence-electron chi connectivity index (χ2n) is 5.39. The Kier molecular flexibility index (Phi) is 5.53. The number of morpholine rings is 1. The summed E-state index contributed by atoms with van der Waals surface area (Å²) in [5.41, 5.74) is 2.32. The average molecular weight is 334 g/mol. The van der Waals surface area contributed by atoms with Crippen LogP contribution in [0.5, 0.6) is 0 Å². The minimum Gasteiger partial charge on any atom is -0.384 e. The first kappa shape index (κ1) is 16.3. The Balaban J connectivity index is 1.93. The summed E-state index contributed by atoms with van der Waals surface area (Å²) in [6, 6.07) is 8.45. The number of thioether (sulfide) groups is 1. The van der Waals surface area contributed by atoms with E-state index in [0.29, 0.717) is 6.61 Å². The van der Waals surface area contributed by atoms with Crippen LogP contribution in [-0.4, -0.2) is 60.5 Å². The molecule has 0 amide bonds. The number of hydrogen-bond donors (Lipinski definition) is 0. The first-order chi connectivity index (χ1) is 11.3. The summed E-state index contributed by atoms with van der Waals surface area (Å²) in [4.78, 5) is 2.23. The maximum Gasteiger partial charge on any atom is 0.232 e. The normalized spacial score (nSPS) is 15.1. The topological polar surface area (TPSA) is 52.4 Å². The van der Waals surface area contributed by atoms with Gasteiger partial charge in [0.1, 0.15) is 0 Å². The van der Waals surface area contributed by atoms with E-state index in [2.05, 4.69) is 50.9 Å². The molecule has 1 saturated heterocycles. The lowest BCUT2D eigenvalue weighted by molar-refractivity contribution is 0.122. The lowest BCUT2D eigenvalue weighted by Gasteiger charge is -2.28. The highest BCUT2D eigenvalue weighted by Crippen LogP contribution is 2.27. The van der Waals surface area contributed by atoms with Crippen LogP contribution in [0.4, 0.5) is 5.95 Å². The molecule has 124 valence electrons. The van der Waals surface area contributed by atoms with E-state index in [9.17, 15) is 0 Å². The van der Waals surface area contributed by atoms with Gasteiger partial charge in [-0.2, -0.15) is 0 Å². The van der Waals surface area contributed by atoms with Crippen LogP contribution in [0.2, 0.25) is 0 Å². The number of methoxy groups -OCH3 is 1. The second kappa shape index (κ2) is 7.81. The molecule has 0 saturated carbocycles. The van der Waals surface area contributed by atoms with Crippen LogP contribution in [0.15, 0.2) is 29.4 Å². The van der Waals surface area contributed by atoms with Crippen LogP contribution in [0.3, 0.4) is 0 Å². The van der Waals surface area contributed by atoms with Crippen molar-refractivity contribution in [2.75, 3.05) is 50.7 Å². The third kappa shape index (κ3) is 3.85. The number of ether oxygens (including phenoxy) is 2. The van der Waals surface area contributed by atoms with E-state index in [1.54, 1.807) is 18.9 Å². The second-order valence-corrected chi connectivity index (χ2v) is 6.46. The van der Waals surface area contributed by atoms with E-state index in [0.717, 1.165) is 48.8 Å². The minimum absolute atomic E-state index is 0.693. The number of rotatable bonds is 6. The highest BCUT2D eigenvalue weighted by atomic mass is 32.2. The molecule has 7 heteroatoms. The number of benzene rings is 1. The molecule has 0 N–H and O–H groups in total. The number of nitrogens with zero attached hydrogens (tertiary/aromatic N) is 4. The van der Waals surface area contributed by atoms with Crippen molar-refractivity contribution in [3.8, 4) is 5.69 Å². The van der Waals surface area contributed by atoms with Gasteiger partial charge in [0.25, 0.3) is 0 Å². The smallest absolute Gasteiger partial charge is 0.232 e. The molecule has 0 radical (unpaired) electrons. The number of aromatic nitrogens is 3. The predicted octanol–water partition coefficient (Wildman–Crippen LogP) is 2.15. The van der Waals surface area contributed by atoms with E-state index in [1.165, 1.54) is 5.56 Å². The molecule has 6 nitrogen and oxygen atoms in total. The fourth-order valence-electron chi connectivity index (χ4n) is 2.46. The molecule has 1 aliphatic rings. The molecule has 2 heterocycles. The monoisotopic (exact) mass is 334 g/mol. The molecule has 1 aliphatic heterocycles. The van der Waals surface area contributed by atoms with E-state index in [4.69, 9.17) is 9.47 Å². The Hall–Kier alpha value is -1.57. The van der Waals surface area contributed by atoms with Crippen molar-refractivity contribution in [2.24, 2.45) is 0 Å². The fourth-order valence-corrected chi connectivity index (χ4v) is 3.31. The molecular formula is C16H22N4O2S. The molecule has 23 heavy (non-hydrogen) atoms. The van der Waals surface area contributed by atoms with Crippen LogP contribution in [0.1, 0.15) is 5.56 Å². The zero-order valence-corrected chi connectivity index (χ0v) is 14.4. The van der Waals surface area contributed by atoms with Crippen LogP contribution < -0.4 is 4.90 Å². The average Bonchev–Trinajstić information content (AvgIpc) is 3.00. The molecule has 1 fully saturated rings. The Bertz CT molecular complexity index is 624. The fraction of sp³-hybridized carbons (Fsp3) is 0.500. The summed E-state index contributed by atoms with van der Waals surface area (Å²) in [5.74, 6) is 1.74.